The minimum atomic E-state index is -0.245. The van der Waals surface area contributed by atoms with E-state index < -0.39 is 0 Å². The molecule has 1 N–H and O–H groups in total. The number of benzene rings is 1. The Morgan fingerprint density at radius 3 is 3.05 bits per heavy atom. The molecule has 0 fully saturated rings. The molecule has 0 aliphatic rings. The largest absolute Gasteiger partial charge is 0.487 e. The number of aromatic nitrogens is 3. The predicted molar refractivity (Wildman–Crippen MR) is 80.8 cm³/mol. The zero-order valence-corrected chi connectivity index (χ0v) is 12.4. The van der Waals surface area contributed by atoms with Gasteiger partial charge in [-0.05, 0) is 18.2 Å². The summed E-state index contributed by atoms with van der Waals surface area (Å²) in [5.41, 5.74) is 4.68. The van der Waals surface area contributed by atoms with Gasteiger partial charge in [0.2, 0.25) is 5.13 Å². The fourth-order valence-electron chi connectivity index (χ4n) is 1.59. The molecule has 0 radical (unpaired) electrons. The van der Waals surface area contributed by atoms with E-state index in [1.54, 1.807) is 35.3 Å². The van der Waals surface area contributed by atoms with E-state index in [0.29, 0.717) is 23.1 Å². The van der Waals surface area contributed by atoms with Crippen LogP contribution in [0.15, 0.2) is 40.7 Å². The Morgan fingerprint density at radius 1 is 1.33 bits per heavy atom. The minimum absolute atomic E-state index is 0.245. The van der Waals surface area contributed by atoms with Crippen molar-refractivity contribution >= 4 is 33.7 Å². The zero-order chi connectivity index (χ0) is 14.5. The Labute approximate surface area is 128 Å². The van der Waals surface area contributed by atoms with Gasteiger partial charge in [0.05, 0.1) is 11.2 Å². The van der Waals surface area contributed by atoms with Crippen molar-refractivity contribution in [3.63, 3.8) is 0 Å². The van der Waals surface area contributed by atoms with Crippen LogP contribution in [0.1, 0.15) is 16.1 Å². The quantitative estimate of drug-likeness (QED) is 0.783. The van der Waals surface area contributed by atoms with Crippen LogP contribution in [0.3, 0.4) is 0 Å². The SMILES string of the molecule is O=C(Nc1nncs1)c1cccc(OCc2cscn2)c1. The number of ether oxygens (including phenoxy) is 1. The molecule has 1 aromatic carbocycles. The van der Waals surface area contributed by atoms with Gasteiger partial charge in [-0.2, -0.15) is 0 Å². The number of carbonyl (C=O) groups is 1. The fourth-order valence-corrected chi connectivity index (χ4v) is 2.57. The number of anilines is 1. The van der Waals surface area contributed by atoms with Crippen LogP contribution in [-0.4, -0.2) is 21.1 Å². The zero-order valence-electron chi connectivity index (χ0n) is 10.7. The van der Waals surface area contributed by atoms with E-state index >= 15 is 0 Å². The highest BCUT2D eigenvalue weighted by molar-refractivity contribution is 7.13. The van der Waals surface area contributed by atoms with Crippen molar-refractivity contribution in [3.05, 3.63) is 51.9 Å². The molecule has 0 atom stereocenters. The van der Waals surface area contributed by atoms with E-state index in [0.717, 1.165) is 5.69 Å². The molecule has 0 aliphatic carbocycles. The first-order chi connectivity index (χ1) is 10.3. The lowest BCUT2D eigenvalue weighted by atomic mass is 10.2. The molecule has 3 rings (SSSR count). The average Bonchev–Trinajstić information content (AvgIpc) is 3.19. The number of carbonyl (C=O) groups excluding carboxylic acids is 1. The van der Waals surface area contributed by atoms with Crippen LogP contribution in [0.4, 0.5) is 5.13 Å². The van der Waals surface area contributed by atoms with Crippen molar-refractivity contribution in [1.82, 2.24) is 15.2 Å². The normalized spacial score (nSPS) is 10.3. The number of nitrogens with one attached hydrogen (secondary N) is 1. The van der Waals surface area contributed by atoms with Crippen LogP contribution in [-0.2, 0) is 6.61 Å². The highest BCUT2D eigenvalue weighted by Crippen LogP contribution is 2.17. The Morgan fingerprint density at radius 2 is 2.29 bits per heavy atom. The molecule has 0 aliphatic heterocycles. The van der Waals surface area contributed by atoms with Gasteiger partial charge in [0.15, 0.2) is 0 Å². The fraction of sp³-hybridized carbons (Fsp3) is 0.0769. The molecular formula is C13H10N4O2S2. The number of hydrogen-bond acceptors (Lipinski definition) is 7. The molecule has 0 bridgehead atoms. The molecule has 21 heavy (non-hydrogen) atoms. The van der Waals surface area contributed by atoms with Crippen LogP contribution in [0, 0.1) is 0 Å². The van der Waals surface area contributed by atoms with Crippen LogP contribution < -0.4 is 10.1 Å². The molecule has 2 aromatic heterocycles. The van der Waals surface area contributed by atoms with Crippen LogP contribution in [0.5, 0.6) is 5.75 Å². The highest BCUT2D eigenvalue weighted by atomic mass is 32.1. The molecule has 106 valence electrons. The lowest BCUT2D eigenvalue weighted by Gasteiger charge is -2.06. The predicted octanol–water partition coefficient (Wildman–Crippen LogP) is 2.83. The Balaban J connectivity index is 1.66. The van der Waals surface area contributed by atoms with Crippen molar-refractivity contribution in [1.29, 1.82) is 0 Å². The smallest absolute Gasteiger partial charge is 0.257 e. The summed E-state index contributed by atoms with van der Waals surface area (Å²) in [5, 5.41) is 12.5. The van der Waals surface area contributed by atoms with E-state index in [2.05, 4.69) is 20.5 Å². The monoisotopic (exact) mass is 318 g/mol. The Hall–Kier alpha value is -2.32. The first-order valence-electron chi connectivity index (χ1n) is 5.99. The highest BCUT2D eigenvalue weighted by Gasteiger charge is 2.09. The lowest BCUT2D eigenvalue weighted by Crippen LogP contribution is -2.11. The Bertz CT molecular complexity index is 714. The number of thiazole rings is 1. The molecule has 6 nitrogen and oxygen atoms in total. The minimum Gasteiger partial charge on any atom is -0.487 e. The number of nitrogens with zero attached hydrogens (tertiary/aromatic N) is 3. The van der Waals surface area contributed by atoms with Crippen LogP contribution >= 0.6 is 22.7 Å². The second-order valence-electron chi connectivity index (χ2n) is 3.99. The van der Waals surface area contributed by atoms with E-state index in [4.69, 9.17) is 4.74 Å². The molecule has 0 saturated carbocycles. The summed E-state index contributed by atoms with van der Waals surface area (Å²) >= 11 is 2.78. The molecular weight excluding hydrogens is 308 g/mol. The third-order valence-corrected chi connectivity index (χ3v) is 3.79. The van der Waals surface area contributed by atoms with Crippen LogP contribution in [0.25, 0.3) is 0 Å². The van der Waals surface area contributed by atoms with Gasteiger partial charge >= 0.3 is 0 Å². The summed E-state index contributed by atoms with van der Waals surface area (Å²) in [4.78, 5) is 16.2. The Kier molecular flexibility index (Phi) is 4.17. The van der Waals surface area contributed by atoms with E-state index in [1.165, 1.54) is 22.7 Å². The van der Waals surface area contributed by atoms with Crippen molar-refractivity contribution in [3.8, 4) is 5.75 Å². The van der Waals surface area contributed by atoms with Gasteiger partial charge in [-0.1, -0.05) is 17.4 Å². The summed E-state index contributed by atoms with van der Waals surface area (Å²) in [6.45, 7) is 0.380. The topological polar surface area (TPSA) is 77.0 Å². The molecule has 0 saturated heterocycles. The van der Waals surface area contributed by atoms with Gasteiger partial charge in [-0.15, -0.1) is 21.5 Å². The van der Waals surface area contributed by atoms with Crippen molar-refractivity contribution in [2.24, 2.45) is 0 Å². The summed E-state index contributed by atoms with van der Waals surface area (Å²) in [7, 11) is 0. The van der Waals surface area contributed by atoms with Crippen molar-refractivity contribution in [2.75, 3.05) is 5.32 Å². The van der Waals surface area contributed by atoms with E-state index in [9.17, 15) is 4.79 Å². The number of amides is 1. The first kappa shape index (κ1) is 13.7. The standard InChI is InChI=1S/C13H10N4O2S2/c18-12(16-13-17-15-8-21-13)9-2-1-3-11(4-9)19-5-10-6-20-7-14-10/h1-4,6-8H,5H2,(H,16,17,18). The number of hydrogen-bond donors (Lipinski definition) is 1. The van der Waals surface area contributed by atoms with Gasteiger partial charge < -0.3 is 4.74 Å². The molecule has 0 unspecified atom stereocenters. The summed E-state index contributed by atoms with van der Waals surface area (Å²) in [6.07, 6.45) is 0. The van der Waals surface area contributed by atoms with Gasteiger partial charge in [0.25, 0.3) is 5.91 Å². The average molecular weight is 318 g/mol. The van der Waals surface area contributed by atoms with Gasteiger partial charge in [0.1, 0.15) is 17.9 Å². The van der Waals surface area contributed by atoms with Gasteiger partial charge in [-0.25, -0.2) is 4.98 Å². The molecule has 2 heterocycles. The van der Waals surface area contributed by atoms with Crippen molar-refractivity contribution in [2.45, 2.75) is 6.61 Å². The maximum atomic E-state index is 12.1. The van der Waals surface area contributed by atoms with E-state index in [1.807, 2.05) is 5.38 Å². The molecule has 3 aromatic rings. The third kappa shape index (κ3) is 3.61. The lowest BCUT2D eigenvalue weighted by molar-refractivity contribution is 0.102. The third-order valence-electron chi connectivity index (χ3n) is 2.55. The summed E-state index contributed by atoms with van der Waals surface area (Å²) in [5.74, 6) is 0.374. The van der Waals surface area contributed by atoms with E-state index in [-0.39, 0.29) is 5.91 Å². The van der Waals surface area contributed by atoms with Crippen molar-refractivity contribution < 1.29 is 9.53 Å². The van der Waals surface area contributed by atoms with Gasteiger partial charge in [0, 0.05) is 10.9 Å². The second-order valence-corrected chi connectivity index (χ2v) is 5.55. The molecule has 1 amide bonds. The maximum absolute atomic E-state index is 12.1. The van der Waals surface area contributed by atoms with Gasteiger partial charge in [-0.3, -0.25) is 10.1 Å². The summed E-state index contributed by atoms with van der Waals surface area (Å²) < 4.78 is 5.62. The second kappa shape index (κ2) is 6.42. The number of rotatable bonds is 5. The maximum Gasteiger partial charge on any atom is 0.257 e. The molecule has 0 spiro atoms. The first-order valence-corrected chi connectivity index (χ1v) is 7.81. The van der Waals surface area contributed by atoms with Crippen LogP contribution in [0.2, 0.25) is 0 Å². The summed E-state index contributed by atoms with van der Waals surface area (Å²) in [6, 6.07) is 6.97. The molecule has 8 heteroatoms.